The van der Waals surface area contributed by atoms with E-state index in [1.807, 2.05) is 43.0 Å². The van der Waals surface area contributed by atoms with Gasteiger partial charge in [-0.25, -0.2) is 18.8 Å². The lowest BCUT2D eigenvalue weighted by atomic mass is 10.0. The lowest BCUT2D eigenvalue weighted by molar-refractivity contribution is -0.0483. The van der Waals surface area contributed by atoms with Gasteiger partial charge in [0.2, 0.25) is 0 Å². The van der Waals surface area contributed by atoms with E-state index in [1.165, 1.54) is 0 Å². The number of likely N-dealkylation sites (tertiary alicyclic amines) is 1. The van der Waals surface area contributed by atoms with Crippen LogP contribution in [0.5, 0.6) is 0 Å². The summed E-state index contributed by atoms with van der Waals surface area (Å²) in [7, 11) is 0. The SMILES string of the molecule is C=C1/C=C(C(=C)N2CCC(F)(F)CC2)\C=N/N(c2ccc(C)cc2)C(C)=N1. The van der Waals surface area contributed by atoms with Crippen LogP contribution in [0.4, 0.5) is 14.5 Å². The van der Waals surface area contributed by atoms with Crippen LogP contribution in [0.1, 0.15) is 25.3 Å². The molecule has 2 heterocycles. The molecule has 1 saturated heterocycles. The molecule has 27 heavy (non-hydrogen) atoms. The maximum Gasteiger partial charge on any atom is 0.251 e. The Morgan fingerprint density at radius 1 is 1.11 bits per heavy atom. The second-order valence-corrected chi connectivity index (χ2v) is 6.93. The van der Waals surface area contributed by atoms with Crippen LogP contribution in [-0.4, -0.2) is 36.0 Å². The van der Waals surface area contributed by atoms with Gasteiger partial charge in [-0.1, -0.05) is 30.9 Å². The summed E-state index contributed by atoms with van der Waals surface area (Å²) in [6.45, 7) is 12.5. The molecule has 1 aromatic rings. The minimum Gasteiger partial charge on any atom is -0.371 e. The van der Waals surface area contributed by atoms with Crippen LogP contribution < -0.4 is 5.01 Å². The van der Waals surface area contributed by atoms with Crippen molar-refractivity contribution in [2.45, 2.75) is 32.6 Å². The fraction of sp³-hybridized carbons (Fsp3) is 0.333. The predicted octanol–water partition coefficient (Wildman–Crippen LogP) is 4.90. The van der Waals surface area contributed by atoms with Crippen LogP contribution in [0.15, 0.2) is 70.6 Å². The van der Waals surface area contributed by atoms with Gasteiger partial charge in [-0.05, 0) is 32.1 Å². The van der Waals surface area contributed by atoms with E-state index in [1.54, 1.807) is 17.3 Å². The maximum atomic E-state index is 13.4. The molecule has 0 aromatic heterocycles. The Morgan fingerprint density at radius 2 is 1.74 bits per heavy atom. The minimum absolute atomic E-state index is 0.163. The van der Waals surface area contributed by atoms with Crippen LogP contribution in [0.3, 0.4) is 0 Å². The summed E-state index contributed by atoms with van der Waals surface area (Å²) in [5.41, 5.74) is 3.99. The predicted molar refractivity (Wildman–Crippen MR) is 107 cm³/mol. The fourth-order valence-electron chi connectivity index (χ4n) is 3.09. The number of hydrogen-bond acceptors (Lipinski definition) is 4. The Labute approximate surface area is 158 Å². The number of aryl methyl sites for hydroxylation is 1. The van der Waals surface area contributed by atoms with E-state index in [9.17, 15) is 8.78 Å². The summed E-state index contributed by atoms with van der Waals surface area (Å²) in [5, 5.41) is 6.29. The Bertz CT molecular complexity index is 824. The summed E-state index contributed by atoms with van der Waals surface area (Å²) < 4.78 is 26.9. The zero-order valence-corrected chi connectivity index (χ0v) is 15.8. The number of alkyl halides is 2. The number of hydrogen-bond donors (Lipinski definition) is 0. The highest BCUT2D eigenvalue weighted by molar-refractivity contribution is 5.99. The molecular formula is C21H24F2N4. The van der Waals surface area contributed by atoms with Gasteiger partial charge in [-0.15, -0.1) is 0 Å². The molecule has 142 valence electrons. The molecule has 3 rings (SSSR count). The van der Waals surface area contributed by atoms with Gasteiger partial charge in [0.15, 0.2) is 0 Å². The van der Waals surface area contributed by atoms with Gasteiger partial charge in [-0.2, -0.15) is 5.10 Å². The highest BCUT2D eigenvalue weighted by Crippen LogP contribution is 2.30. The van der Waals surface area contributed by atoms with Crippen molar-refractivity contribution in [3.8, 4) is 0 Å². The average molecular weight is 370 g/mol. The maximum absolute atomic E-state index is 13.4. The molecule has 0 aliphatic carbocycles. The van der Waals surface area contributed by atoms with E-state index < -0.39 is 5.92 Å². The quantitative estimate of drug-likeness (QED) is 0.757. The molecule has 1 fully saturated rings. The highest BCUT2D eigenvalue weighted by atomic mass is 19.3. The zero-order chi connectivity index (χ0) is 19.6. The normalized spacial score (nSPS) is 23.0. The molecule has 0 amide bonds. The number of nitrogens with zero attached hydrogens (tertiary/aromatic N) is 4. The van der Waals surface area contributed by atoms with Gasteiger partial charge in [-0.3, -0.25) is 0 Å². The van der Waals surface area contributed by atoms with Crippen LogP contribution in [-0.2, 0) is 0 Å². The van der Waals surface area contributed by atoms with Gasteiger partial charge in [0.25, 0.3) is 5.92 Å². The van der Waals surface area contributed by atoms with E-state index >= 15 is 0 Å². The Morgan fingerprint density at radius 3 is 2.37 bits per heavy atom. The Kier molecular flexibility index (Phi) is 5.26. The molecule has 4 nitrogen and oxygen atoms in total. The number of hydrazone groups is 1. The number of allylic oxidation sites excluding steroid dienone is 2. The molecule has 2 aliphatic heterocycles. The smallest absolute Gasteiger partial charge is 0.251 e. The monoisotopic (exact) mass is 370 g/mol. The summed E-state index contributed by atoms with van der Waals surface area (Å²) in [5.74, 6) is -1.90. The number of anilines is 1. The molecule has 2 aliphatic rings. The molecule has 0 unspecified atom stereocenters. The molecule has 0 spiro atoms. The lowest BCUT2D eigenvalue weighted by Gasteiger charge is -2.35. The van der Waals surface area contributed by atoms with Crippen LogP contribution in [0.25, 0.3) is 0 Å². The number of benzene rings is 1. The van der Waals surface area contributed by atoms with Gasteiger partial charge in [0, 0.05) is 37.2 Å². The second kappa shape index (κ2) is 7.47. The van der Waals surface area contributed by atoms with E-state index in [0.29, 0.717) is 17.2 Å². The molecule has 6 heteroatoms. The fourth-order valence-corrected chi connectivity index (χ4v) is 3.09. The number of piperidine rings is 1. The summed E-state index contributed by atoms with van der Waals surface area (Å²) >= 11 is 0. The van der Waals surface area contributed by atoms with Gasteiger partial charge < -0.3 is 4.90 Å². The van der Waals surface area contributed by atoms with Crippen molar-refractivity contribution in [3.63, 3.8) is 0 Å². The number of aliphatic imine (C=N–C) groups is 1. The van der Waals surface area contributed by atoms with Crippen molar-refractivity contribution < 1.29 is 8.78 Å². The van der Waals surface area contributed by atoms with Gasteiger partial charge in [0.1, 0.15) is 5.84 Å². The van der Waals surface area contributed by atoms with Gasteiger partial charge >= 0.3 is 0 Å². The van der Waals surface area contributed by atoms with Crippen molar-refractivity contribution >= 4 is 17.7 Å². The van der Waals surface area contributed by atoms with E-state index in [2.05, 4.69) is 23.3 Å². The molecule has 1 aromatic carbocycles. The molecule has 0 radical (unpaired) electrons. The molecule has 0 bridgehead atoms. The number of halogens is 2. The number of amidine groups is 1. The first-order valence-corrected chi connectivity index (χ1v) is 8.94. The molecule has 0 N–H and O–H groups in total. The van der Waals surface area contributed by atoms with Crippen LogP contribution in [0, 0.1) is 6.92 Å². The van der Waals surface area contributed by atoms with Crippen molar-refractivity contribution in [2.75, 3.05) is 18.1 Å². The summed E-state index contributed by atoms with van der Waals surface area (Å²) in [6.07, 6.45) is 3.15. The van der Waals surface area contributed by atoms with Crippen molar-refractivity contribution in [1.29, 1.82) is 0 Å². The number of rotatable bonds is 3. The largest absolute Gasteiger partial charge is 0.371 e. The highest BCUT2D eigenvalue weighted by Gasteiger charge is 2.34. The third kappa shape index (κ3) is 4.51. The van der Waals surface area contributed by atoms with Crippen LogP contribution >= 0.6 is 0 Å². The Balaban J connectivity index is 1.85. The van der Waals surface area contributed by atoms with Crippen molar-refractivity contribution in [2.24, 2.45) is 10.1 Å². The average Bonchev–Trinajstić information content (AvgIpc) is 2.60. The van der Waals surface area contributed by atoms with Crippen molar-refractivity contribution in [3.05, 3.63) is 66.0 Å². The zero-order valence-electron chi connectivity index (χ0n) is 15.8. The van der Waals surface area contributed by atoms with Gasteiger partial charge in [0.05, 0.1) is 17.6 Å². The standard InChI is InChI=1S/C21H24F2N4/c1-15-5-7-20(8-6-15)27-18(4)25-16(2)13-19(14-24-27)17(3)26-11-9-21(22,23)10-12-26/h5-8,13-14H,2-3,9-12H2,1,4H3/b19-13+,24-14-,25-18?. The van der Waals surface area contributed by atoms with E-state index in [-0.39, 0.29) is 25.9 Å². The first-order valence-electron chi connectivity index (χ1n) is 8.94. The minimum atomic E-state index is -2.59. The third-order valence-corrected chi connectivity index (χ3v) is 4.73. The summed E-state index contributed by atoms with van der Waals surface area (Å²) in [6, 6.07) is 7.96. The van der Waals surface area contributed by atoms with E-state index in [0.717, 1.165) is 16.8 Å². The Hall–Kier alpha value is -2.76. The van der Waals surface area contributed by atoms with Crippen LogP contribution in [0.2, 0.25) is 0 Å². The summed E-state index contributed by atoms with van der Waals surface area (Å²) in [4.78, 5) is 6.37. The van der Waals surface area contributed by atoms with Crippen molar-refractivity contribution in [1.82, 2.24) is 4.90 Å². The first-order chi connectivity index (χ1) is 12.7. The lowest BCUT2D eigenvalue weighted by Crippen LogP contribution is -2.39. The van der Waals surface area contributed by atoms with E-state index in [4.69, 9.17) is 0 Å². The second-order valence-electron chi connectivity index (χ2n) is 6.93. The third-order valence-electron chi connectivity index (χ3n) is 4.73. The molecule has 0 saturated carbocycles. The topological polar surface area (TPSA) is 31.2 Å². The molecule has 0 atom stereocenters. The molecular weight excluding hydrogens is 346 g/mol. The first kappa shape index (κ1) is 19.0.